The molecular weight excluding hydrogens is 291 g/mol. The molecule has 0 aromatic heterocycles. The van der Waals surface area contributed by atoms with E-state index in [4.69, 9.17) is 0 Å². The first kappa shape index (κ1) is 15.1. The van der Waals surface area contributed by atoms with Crippen molar-refractivity contribution in [1.82, 2.24) is 5.32 Å². The van der Waals surface area contributed by atoms with Crippen LogP contribution in [0.15, 0.2) is 28.0 Å². The lowest BCUT2D eigenvalue weighted by molar-refractivity contribution is -0.137. The number of allylic oxidation sites excluding steroid dienone is 1. The zero-order valence-corrected chi connectivity index (χ0v) is 11.6. The molecule has 1 aromatic carbocycles. The average Bonchev–Trinajstić information content (AvgIpc) is 2.60. The van der Waals surface area contributed by atoms with Gasteiger partial charge >= 0.3 is 6.18 Å². The number of halogens is 3. The van der Waals surface area contributed by atoms with Gasteiger partial charge in [-0.15, -0.1) is 0 Å². The van der Waals surface area contributed by atoms with E-state index in [1.165, 1.54) is 12.1 Å². The molecule has 0 fully saturated rings. The maximum Gasteiger partial charge on any atom is 0.416 e. The Morgan fingerprint density at radius 2 is 1.95 bits per heavy atom. The summed E-state index contributed by atoms with van der Waals surface area (Å²) in [6, 6.07) is 2.83. The second kappa shape index (κ2) is 5.21. The Balaban J connectivity index is 2.34. The molecule has 110 valence electrons. The van der Waals surface area contributed by atoms with Crippen molar-refractivity contribution in [2.75, 3.05) is 13.6 Å². The molecule has 0 radical (unpaired) electrons. The molecule has 0 aliphatic carbocycles. The number of hydrogen-bond acceptors (Lipinski definition) is 3. The fourth-order valence-corrected chi connectivity index (χ4v) is 3.80. The van der Waals surface area contributed by atoms with Crippen molar-refractivity contribution in [2.24, 2.45) is 0 Å². The van der Waals surface area contributed by atoms with Crippen LogP contribution < -0.4 is 5.32 Å². The summed E-state index contributed by atoms with van der Waals surface area (Å²) in [5.41, 5.74) is -0.609. The Bertz CT molecular complexity index is 648. The third-order valence-electron chi connectivity index (χ3n) is 3.14. The highest BCUT2D eigenvalue weighted by Crippen LogP contribution is 2.39. The van der Waals surface area contributed by atoms with E-state index < -0.39 is 21.6 Å². The average molecular weight is 305 g/mol. The van der Waals surface area contributed by atoms with E-state index in [2.05, 4.69) is 5.32 Å². The van der Waals surface area contributed by atoms with Crippen LogP contribution in [0, 0.1) is 0 Å². The molecule has 1 N–H and O–H groups in total. The number of rotatable bonds is 4. The normalized spacial score (nSPS) is 16.9. The molecule has 0 spiro atoms. The van der Waals surface area contributed by atoms with Crippen LogP contribution in [-0.2, 0) is 16.0 Å². The van der Waals surface area contributed by atoms with Gasteiger partial charge in [-0.1, -0.05) is 6.07 Å². The molecule has 3 nitrogen and oxygen atoms in total. The Labute approximate surface area is 115 Å². The number of benzene rings is 1. The van der Waals surface area contributed by atoms with Crippen molar-refractivity contribution in [3.05, 3.63) is 34.2 Å². The standard InChI is InChI=1S/C13H14F3NO2S/c1-17-6-2-3-11-7-9-4-5-10(13(14,15)16)8-12(9)20(11,18)19/h4-5,7-8,17H,2-3,6H2,1H3. The van der Waals surface area contributed by atoms with E-state index in [9.17, 15) is 21.6 Å². The molecule has 7 heteroatoms. The van der Waals surface area contributed by atoms with Gasteiger partial charge in [0.05, 0.1) is 10.5 Å². The predicted octanol–water partition coefficient (Wildman–Crippen LogP) is 2.83. The van der Waals surface area contributed by atoms with Crippen LogP contribution in [0.4, 0.5) is 13.2 Å². The van der Waals surface area contributed by atoms with Gasteiger partial charge in [-0.3, -0.25) is 0 Å². The molecule has 20 heavy (non-hydrogen) atoms. The summed E-state index contributed by atoms with van der Waals surface area (Å²) in [7, 11) is -2.02. The first-order chi connectivity index (χ1) is 9.26. The van der Waals surface area contributed by atoms with Crippen LogP contribution in [0.2, 0.25) is 0 Å². The van der Waals surface area contributed by atoms with Gasteiger partial charge in [0.1, 0.15) is 0 Å². The number of nitrogens with one attached hydrogen (secondary N) is 1. The minimum absolute atomic E-state index is 0.182. The number of alkyl halides is 3. The summed E-state index contributed by atoms with van der Waals surface area (Å²) in [6.45, 7) is 0.650. The zero-order valence-electron chi connectivity index (χ0n) is 10.8. The van der Waals surface area contributed by atoms with Crippen molar-refractivity contribution in [3.8, 4) is 0 Å². The lowest BCUT2D eigenvalue weighted by Gasteiger charge is -2.08. The molecule has 1 heterocycles. The smallest absolute Gasteiger partial charge is 0.320 e. The quantitative estimate of drug-likeness (QED) is 0.870. The first-order valence-electron chi connectivity index (χ1n) is 6.08. The monoisotopic (exact) mass is 305 g/mol. The summed E-state index contributed by atoms with van der Waals surface area (Å²) in [6.07, 6.45) is -2.15. The summed E-state index contributed by atoms with van der Waals surface area (Å²) in [5.74, 6) is 0. The predicted molar refractivity (Wildman–Crippen MR) is 69.8 cm³/mol. The summed E-state index contributed by atoms with van der Waals surface area (Å²) >= 11 is 0. The van der Waals surface area contributed by atoms with Crippen molar-refractivity contribution in [2.45, 2.75) is 23.9 Å². The van der Waals surface area contributed by atoms with E-state index in [0.717, 1.165) is 6.07 Å². The summed E-state index contributed by atoms with van der Waals surface area (Å²) in [4.78, 5) is -0.0612. The van der Waals surface area contributed by atoms with Crippen LogP contribution in [0.25, 0.3) is 6.08 Å². The van der Waals surface area contributed by atoms with Crippen molar-refractivity contribution in [1.29, 1.82) is 0 Å². The molecule has 1 aromatic rings. The largest absolute Gasteiger partial charge is 0.416 e. The molecule has 0 bridgehead atoms. The molecule has 0 amide bonds. The van der Waals surface area contributed by atoms with Crippen LogP contribution >= 0.6 is 0 Å². The minimum Gasteiger partial charge on any atom is -0.320 e. The molecule has 1 aliphatic rings. The lowest BCUT2D eigenvalue weighted by atomic mass is 10.1. The van der Waals surface area contributed by atoms with Gasteiger partial charge in [-0.05, 0) is 50.2 Å². The zero-order chi connectivity index (χ0) is 15.0. The van der Waals surface area contributed by atoms with Crippen molar-refractivity contribution in [3.63, 3.8) is 0 Å². The van der Waals surface area contributed by atoms with Crippen LogP contribution in [0.3, 0.4) is 0 Å². The van der Waals surface area contributed by atoms with Gasteiger partial charge < -0.3 is 5.32 Å². The molecule has 0 atom stereocenters. The molecule has 0 unspecified atom stereocenters. The first-order valence-corrected chi connectivity index (χ1v) is 7.56. The van der Waals surface area contributed by atoms with E-state index in [1.807, 2.05) is 0 Å². The fraction of sp³-hybridized carbons (Fsp3) is 0.385. The van der Waals surface area contributed by atoms with Gasteiger partial charge in [0.15, 0.2) is 0 Å². The van der Waals surface area contributed by atoms with Gasteiger partial charge in [0, 0.05) is 4.91 Å². The number of sulfone groups is 1. The van der Waals surface area contributed by atoms with Crippen LogP contribution in [0.5, 0.6) is 0 Å². The molecule has 2 rings (SSSR count). The Morgan fingerprint density at radius 1 is 1.25 bits per heavy atom. The summed E-state index contributed by atoms with van der Waals surface area (Å²) < 4.78 is 62.3. The lowest BCUT2D eigenvalue weighted by Crippen LogP contribution is -2.10. The third-order valence-corrected chi connectivity index (χ3v) is 5.09. The van der Waals surface area contributed by atoms with Crippen LogP contribution in [-0.4, -0.2) is 22.0 Å². The van der Waals surface area contributed by atoms with E-state index in [-0.39, 0.29) is 9.80 Å². The van der Waals surface area contributed by atoms with Crippen LogP contribution in [0.1, 0.15) is 24.0 Å². The number of fused-ring (bicyclic) bond motifs is 1. The van der Waals surface area contributed by atoms with Crippen molar-refractivity contribution < 1.29 is 21.6 Å². The Kier molecular flexibility index (Phi) is 3.93. The van der Waals surface area contributed by atoms with Gasteiger partial charge in [-0.2, -0.15) is 13.2 Å². The van der Waals surface area contributed by atoms with E-state index in [1.54, 1.807) is 7.05 Å². The SMILES string of the molecule is CNCCCC1=Cc2ccc(C(F)(F)F)cc2S1(=O)=O. The van der Waals surface area contributed by atoms with Gasteiger partial charge in [-0.25, -0.2) is 8.42 Å². The second-order valence-corrected chi connectivity index (χ2v) is 6.54. The highest BCUT2D eigenvalue weighted by molar-refractivity contribution is 7.95. The molecule has 1 aliphatic heterocycles. The Hall–Kier alpha value is -1.34. The summed E-state index contributed by atoms with van der Waals surface area (Å²) in [5, 5.41) is 2.90. The maximum atomic E-state index is 12.6. The highest BCUT2D eigenvalue weighted by atomic mass is 32.2. The van der Waals surface area contributed by atoms with E-state index in [0.29, 0.717) is 31.0 Å². The van der Waals surface area contributed by atoms with Crippen molar-refractivity contribution >= 4 is 15.9 Å². The molecular formula is C13H14F3NO2S. The maximum absolute atomic E-state index is 12.6. The molecule has 0 saturated carbocycles. The van der Waals surface area contributed by atoms with Gasteiger partial charge in [0.2, 0.25) is 9.84 Å². The highest BCUT2D eigenvalue weighted by Gasteiger charge is 2.35. The minimum atomic E-state index is -4.54. The molecule has 0 saturated heterocycles. The Morgan fingerprint density at radius 3 is 2.55 bits per heavy atom. The number of hydrogen-bond donors (Lipinski definition) is 1. The topological polar surface area (TPSA) is 46.2 Å². The van der Waals surface area contributed by atoms with Gasteiger partial charge in [0.25, 0.3) is 0 Å². The second-order valence-electron chi connectivity index (χ2n) is 4.57. The third kappa shape index (κ3) is 2.73. The van der Waals surface area contributed by atoms with E-state index >= 15 is 0 Å². The fourth-order valence-electron chi connectivity index (χ4n) is 2.10.